The van der Waals surface area contributed by atoms with Crippen molar-refractivity contribution in [2.45, 2.75) is 53.5 Å². The van der Waals surface area contributed by atoms with Crippen molar-refractivity contribution in [3.8, 4) is 0 Å². The Kier molecular flexibility index (Phi) is 3.76. The van der Waals surface area contributed by atoms with Gasteiger partial charge in [-0.15, -0.1) is 11.3 Å². The van der Waals surface area contributed by atoms with Crippen LogP contribution in [-0.2, 0) is 16.1 Å². The number of hydrogen-bond acceptors (Lipinski definition) is 4. The maximum atomic E-state index is 12.5. The molecule has 2 heterocycles. The predicted octanol–water partition coefficient (Wildman–Crippen LogP) is 2.83. The van der Waals surface area contributed by atoms with Gasteiger partial charge >= 0.3 is 0 Å². The Balaban J connectivity index is 2.24. The van der Waals surface area contributed by atoms with E-state index in [0.29, 0.717) is 13.0 Å². The number of nitrogens with zero attached hydrogens (tertiary/aromatic N) is 2. The standard InChI is InChI=1S/C14H20N2O2S/c1-5-14(6-2)7-12(17)16(13(14)18)8-11-9(3)15-10(4)19-11/h5-8H2,1-4H3. The van der Waals surface area contributed by atoms with E-state index in [-0.39, 0.29) is 11.8 Å². The Bertz CT molecular complexity index is 518. The van der Waals surface area contributed by atoms with Gasteiger partial charge < -0.3 is 0 Å². The zero-order valence-electron chi connectivity index (χ0n) is 11.9. The highest BCUT2D eigenvalue weighted by Gasteiger charge is 2.49. The molecule has 0 aromatic carbocycles. The molecule has 0 unspecified atom stereocenters. The third-order valence-corrected chi connectivity index (χ3v) is 5.20. The molecule has 0 bridgehead atoms. The maximum Gasteiger partial charge on any atom is 0.236 e. The molecule has 2 amide bonds. The quantitative estimate of drug-likeness (QED) is 0.797. The molecule has 5 heteroatoms. The Morgan fingerprint density at radius 3 is 2.32 bits per heavy atom. The third-order valence-electron chi connectivity index (χ3n) is 4.14. The van der Waals surface area contributed by atoms with E-state index < -0.39 is 5.41 Å². The highest BCUT2D eigenvalue weighted by atomic mass is 32.1. The van der Waals surface area contributed by atoms with E-state index in [4.69, 9.17) is 0 Å². The van der Waals surface area contributed by atoms with Crippen LogP contribution in [0, 0.1) is 19.3 Å². The summed E-state index contributed by atoms with van der Waals surface area (Å²) in [5, 5.41) is 0.976. The molecule has 1 aliphatic rings. The highest BCUT2D eigenvalue weighted by Crippen LogP contribution is 2.40. The Morgan fingerprint density at radius 1 is 1.26 bits per heavy atom. The van der Waals surface area contributed by atoms with Gasteiger partial charge in [-0.25, -0.2) is 4.98 Å². The van der Waals surface area contributed by atoms with Crippen LogP contribution >= 0.6 is 11.3 Å². The average molecular weight is 280 g/mol. The molecule has 0 aliphatic carbocycles. The summed E-state index contributed by atoms with van der Waals surface area (Å²) in [6.45, 7) is 8.23. The van der Waals surface area contributed by atoms with E-state index in [1.54, 1.807) is 11.3 Å². The monoisotopic (exact) mass is 280 g/mol. The van der Waals surface area contributed by atoms with Gasteiger partial charge in [0, 0.05) is 11.3 Å². The zero-order valence-corrected chi connectivity index (χ0v) is 12.8. The van der Waals surface area contributed by atoms with Crippen LogP contribution in [0.4, 0.5) is 0 Å². The number of aryl methyl sites for hydroxylation is 2. The molecule has 1 fully saturated rings. The third kappa shape index (κ3) is 2.31. The number of thiazole rings is 1. The SMILES string of the molecule is CCC1(CC)CC(=O)N(Cc2sc(C)nc2C)C1=O. The second-order valence-electron chi connectivity index (χ2n) is 5.19. The fourth-order valence-electron chi connectivity index (χ4n) is 2.69. The number of amides is 2. The van der Waals surface area contributed by atoms with Crippen LogP contribution in [0.3, 0.4) is 0 Å². The Hall–Kier alpha value is -1.23. The molecule has 1 aliphatic heterocycles. The zero-order chi connectivity index (χ0) is 14.2. The first-order valence-corrected chi connectivity index (χ1v) is 7.53. The van der Waals surface area contributed by atoms with E-state index in [0.717, 1.165) is 28.4 Å². The molecule has 104 valence electrons. The van der Waals surface area contributed by atoms with Crippen LogP contribution in [0.1, 0.15) is 48.7 Å². The Labute approximate surface area is 117 Å². The van der Waals surface area contributed by atoms with Crippen LogP contribution in [0.2, 0.25) is 0 Å². The molecule has 0 atom stereocenters. The van der Waals surface area contributed by atoms with Gasteiger partial charge in [0.25, 0.3) is 0 Å². The topological polar surface area (TPSA) is 50.3 Å². The second-order valence-corrected chi connectivity index (χ2v) is 6.48. The van der Waals surface area contributed by atoms with Gasteiger partial charge in [-0.05, 0) is 26.7 Å². The first-order chi connectivity index (χ1) is 8.93. The van der Waals surface area contributed by atoms with Gasteiger partial charge in [-0.3, -0.25) is 14.5 Å². The minimum Gasteiger partial charge on any atom is -0.277 e. The number of aromatic nitrogens is 1. The molecule has 19 heavy (non-hydrogen) atoms. The summed E-state index contributed by atoms with van der Waals surface area (Å²) in [6, 6.07) is 0. The first-order valence-electron chi connectivity index (χ1n) is 6.71. The van der Waals surface area contributed by atoms with Gasteiger partial charge in [0.2, 0.25) is 11.8 Å². The van der Waals surface area contributed by atoms with Crippen LogP contribution in [-0.4, -0.2) is 21.7 Å². The molecule has 2 rings (SSSR count). The average Bonchev–Trinajstić information content (AvgIpc) is 2.81. The van der Waals surface area contributed by atoms with Crippen molar-refractivity contribution in [2.75, 3.05) is 0 Å². The van der Waals surface area contributed by atoms with Crippen LogP contribution in [0.15, 0.2) is 0 Å². The van der Waals surface area contributed by atoms with Gasteiger partial charge in [-0.2, -0.15) is 0 Å². The van der Waals surface area contributed by atoms with Crippen LogP contribution < -0.4 is 0 Å². The lowest BCUT2D eigenvalue weighted by Gasteiger charge is -2.23. The summed E-state index contributed by atoms with van der Waals surface area (Å²) in [6.07, 6.45) is 1.81. The minimum absolute atomic E-state index is 0.00652. The van der Waals surface area contributed by atoms with Crippen molar-refractivity contribution in [1.29, 1.82) is 0 Å². The summed E-state index contributed by atoms with van der Waals surface area (Å²) in [5.74, 6) is -0.0490. The van der Waals surface area contributed by atoms with Crippen molar-refractivity contribution in [3.63, 3.8) is 0 Å². The van der Waals surface area contributed by atoms with Gasteiger partial charge in [-0.1, -0.05) is 13.8 Å². The summed E-state index contributed by atoms with van der Waals surface area (Å²) >= 11 is 1.56. The van der Waals surface area contributed by atoms with Crippen LogP contribution in [0.25, 0.3) is 0 Å². The second kappa shape index (κ2) is 5.04. The molecular formula is C14H20N2O2S. The number of rotatable bonds is 4. The number of likely N-dealkylation sites (tertiary alicyclic amines) is 1. The number of imide groups is 1. The highest BCUT2D eigenvalue weighted by molar-refractivity contribution is 7.11. The number of carbonyl (C=O) groups excluding carboxylic acids is 2. The molecular weight excluding hydrogens is 260 g/mol. The van der Waals surface area contributed by atoms with E-state index in [2.05, 4.69) is 4.98 Å². The van der Waals surface area contributed by atoms with Gasteiger partial charge in [0.1, 0.15) is 0 Å². The summed E-state index contributed by atoms with van der Waals surface area (Å²) in [5.41, 5.74) is 0.457. The fraction of sp³-hybridized carbons (Fsp3) is 0.643. The predicted molar refractivity (Wildman–Crippen MR) is 74.8 cm³/mol. The molecule has 0 N–H and O–H groups in total. The molecule has 4 nitrogen and oxygen atoms in total. The molecule has 0 spiro atoms. The smallest absolute Gasteiger partial charge is 0.236 e. The van der Waals surface area contributed by atoms with Crippen molar-refractivity contribution >= 4 is 23.2 Å². The summed E-state index contributed by atoms with van der Waals surface area (Å²) in [4.78, 5) is 31.4. The lowest BCUT2D eigenvalue weighted by Crippen LogP contribution is -2.34. The van der Waals surface area contributed by atoms with E-state index in [1.807, 2.05) is 27.7 Å². The minimum atomic E-state index is -0.468. The largest absolute Gasteiger partial charge is 0.277 e. The van der Waals surface area contributed by atoms with Crippen molar-refractivity contribution in [3.05, 3.63) is 15.6 Å². The lowest BCUT2D eigenvalue weighted by atomic mass is 9.81. The van der Waals surface area contributed by atoms with Gasteiger partial charge in [0.15, 0.2) is 0 Å². The van der Waals surface area contributed by atoms with Gasteiger partial charge in [0.05, 0.1) is 22.7 Å². The molecule has 1 saturated heterocycles. The molecule has 1 aromatic rings. The molecule has 1 aromatic heterocycles. The first kappa shape index (κ1) is 14.2. The van der Waals surface area contributed by atoms with Crippen molar-refractivity contribution in [1.82, 2.24) is 9.88 Å². The summed E-state index contributed by atoms with van der Waals surface area (Å²) in [7, 11) is 0. The number of hydrogen-bond donors (Lipinski definition) is 0. The fourth-order valence-corrected chi connectivity index (χ4v) is 3.61. The maximum absolute atomic E-state index is 12.5. The van der Waals surface area contributed by atoms with E-state index in [1.165, 1.54) is 4.90 Å². The van der Waals surface area contributed by atoms with E-state index in [9.17, 15) is 9.59 Å². The number of carbonyl (C=O) groups is 2. The Morgan fingerprint density at radius 2 is 1.89 bits per heavy atom. The molecule has 0 radical (unpaired) electrons. The van der Waals surface area contributed by atoms with Crippen LogP contribution in [0.5, 0.6) is 0 Å². The lowest BCUT2D eigenvalue weighted by molar-refractivity contribution is -0.142. The van der Waals surface area contributed by atoms with Crippen molar-refractivity contribution in [2.24, 2.45) is 5.41 Å². The molecule has 0 saturated carbocycles. The normalized spacial score (nSPS) is 18.4. The van der Waals surface area contributed by atoms with Crippen molar-refractivity contribution < 1.29 is 9.59 Å². The summed E-state index contributed by atoms with van der Waals surface area (Å²) < 4.78 is 0. The van der Waals surface area contributed by atoms with E-state index >= 15 is 0 Å².